The van der Waals surface area contributed by atoms with Crippen molar-refractivity contribution in [3.8, 4) is 5.75 Å². The monoisotopic (exact) mass is 286 g/mol. The summed E-state index contributed by atoms with van der Waals surface area (Å²) in [4.78, 5) is 2.37. The van der Waals surface area contributed by atoms with Crippen molar-refractivity contribution in [1.82, 2.24) is 0 Å². The Morgan fingerprint density at radius 3 is 2.62 bits per heavy atom. The molecule has 0 aliphatic carbocycles. The van der Waals surface area contributed by atoms with E-state index in [1.165, 1.54) is 24.6 Å². The summed E-state index contributed by atoms with van der Waals surface area (Å²) in [5.41, 5.74) is 2.96. The normalized spacial score (nSPS) is 14.4. The molecule has 2 N–H and O–H groups in total. The van der Waals surface area contributed by atoms with Crippen molar-refractivity contribution in [1.29, 1.82) is 0 Å². The zero-order valence-electron chi connectivity index (χ0n) is 11.8. The molecule has 0 saturated carbocycles. The molecular weight excluding hydrogens is 267 g/mol. The topological polar surface area (TPSA) is 35.5 Å². The Balaban J connectivity index is 1.75. The van der Waals surface area contributed by atoms with E-state index >= 15 is 0 Å². The van der Waals surface area contributed by atoms with Crippen LogP contribution in [-0.2, 0) is 6.54 Å². The Morgan fingerprint density at radius 1 is 1.10 bits per heavy atom. The summed E-state index contributed by atoms with van der Waals surface area (Å²) in [7, 11) is 0. The summed E-state index contributed by atoms with van der Waals surface area (Å²) in [6.07, 6.45) is 2.46. The quantitative estimate of drug-likeness (QED) is 0.898. The van der Waals surface area contributed by atoms with Crippen LogP contribution in [0, 0.1) is 5.82 Å². The fraction of sp³-hybridized carbons (Fsp3) is 0.294. The van der Waals surface area contributed by atoms with Gasteiger partial charge in [-0.25, -0.2) is 4.39 Å². The minimum Gasteiger partial charge on any atom is -0.508 e. The van der Waals surface area contributed by atoms with Gasteiger partial charge in [0.05, 0.1) is 11.4 Å². The van der Waals surface area contributed by atoms with Gasteiger partial charge in [0, 0.05) is 25.7 Å². The minimum absolute atomic E-state index is 0.0420. The highest BCUT2D eigenvalue weighted by molar-refractivity contribution is 5.70. The molecule has 1 heterocycles. The van der Waals surface area contributed by atoms with Gasteiger partial charge in [-0.05, 0) is 42.7 Å². The Hall–Kier alpha value is -2.23. The minimum atomic E-state index is -0.417. The third-order valence-corrected chi connectivity index (χ3v) is 3.78. The number of halogens is 1. The maximum atomic E-state index is 13.3. The largest absolute Gasteiger partial charge is 0.508 e. The van der Waals surface area contributed by atoms with Gasteiger partial charge in [0.15, 0.2) is 0 Å². The number of phenols is 1. The number of benzene rings is 2. The van der Waals surface area contributed by atoms with Crippen molar-refractivity contribution in [3.05, 3.63) is 53.8 Å². The van der Waals surface area contributed by atoms with Gasteiger partial charge in [-0.3, -0.25) is 0 Å². The number of aromatic hydroxyl groups is 1. The predicted molar refractivity (Wildman–Crippen MR) is 83.3 cm³/mol. The molecule has 110 valence electrons. The summed E-state index contributed by atoms with van der Waals surface area (Å²) in [6, 6.07) is 12.3. The smallest absolute Gasteiger partial charge is 0.127 e. The molecule has 0 atom stereocenters. The van der Waals surface area contributed by atoms with Gasteiger partial charge in [0.2, 0.25) is 0 Å². The van der Waals surface area contributed by atoms with Crippen molar-refractivity contribution in [2.24, 2.45) is 0 Å². The van der Waals surface area contributed by atoms with Crippen LogP contribution in [0.3, 0.4) is 0 Å². The number of rotatable bonds is 4. The molecule has 0 radical (unpaired) electrons. The van der Waals surface area contributed by atoms with Crippen LogP contribution in [0.2, 0.25) is 0 Å². The van der Waals surface area contributed by atoms with Crippen LogP contribution in [0.25, 0.3) is 0 Å². The molecule has 0 spiro atoms. The highest BCUT2D eigenvalue weighted by atomic mass is 19.1. The summed E-state index contributed by atoms with van der Waals surface area (Å²) < 4.78 is 13.3. The van der Waals surface area contributed by atoms with E-state index in [1.54, 1.807) is 6.07 Å². The van der Waals surface area contributed by atoms with Crippen molar-refractivity contribution >= 4 is 11.4 Å². The molecule has 0 amide bonds. The van der Waals surface area contributed by atoms with E-state index in [2.05, 4.69) is 16.3 Å². The number of para-hydroxylation sites is 2. The molecule has 1 fully saturated rings. The summed E-state index contributed by atoms with van der Waals surface area (Å²) >= 11 is 0. The summed E-state index contributed by atoms with van der Waals surface area (Å²) in [5, 5.41) is 12.8. The lowest BCUT2D eigenvalue weighted by Crippen LogP contribution is -2.19. The van der Waals surface area contributed by atoms with E-state index < -0.39 is 5.82 Å². The standard InChI is InChI=1S/C17H19FN2O/c18-14-9-13(10-15(21)11-14)12-19-16-5-1-2-6-17(16)20-7-3-4-8-20/h1-2,5-6,9-11,19,21H,3-4,7-8,12H2. The second-order valence-electron chi connectivity index (χ2n) is 5.38. The molecule has 0 bridgehead atoms. The molecule has 1 aliphatic rings. The van der Waals surface area contributed by atoms with Crippen LogP contribution in [0.4, 0.5) is 15.8 Å². The van der Waals surface area contributed by atoms with E-state index in [0.717, 1.165) is 30.4 Å². The van der Waals surface area contributed by atoms with Gasteiger partial charge in [-0.1, -0.05) is 12.1 Å². The zero-order valence-corrected chi connectivity index (χ0v) is 11.8. The number of nitrogens with one attached hydrogen (secondary N) is 1. The average molecular weight is 286 g/mol. The third-order valence-electron chi connectivity index (χ3n) is 3.78. The molecule has 2 aromatic rings. The number of phenolic OH excluding ortho intramolecular Hbond substituents is 1. The first kappa shape index (κ1) is 13.7. The molecule has 1 aliphatic heterocycles. The molecule has 2 aromatic carbocycles. The first-order chi connectivity index (χ1) is 10.2. The summed E-state index contributed by atoms with van der Waals surface area (Å²) in [5.74, 6) is -0.459. The molecule has 4 heteroatoms. The second-order valence-corrected chi connectivity index (χ2v) is 5.38. The van der Waals surface area contributed by atoms with E-state index in [9.17, 15) is 9.50 Å². The fourth-order valence-corrected chi connectivity index (χ4v) is 2.79. The first-order valence-corrected chi connectivity index (χ1v) is 7.29. The first-order valence-electron chi connectivity index (χ1n) is 7.29. The highest BCUT2D eigenvalue weighted by Crippen LogP contribution is 2.29. The Labute approximate surface area is 124 Å². The van der Waals surface area contributed by atoms with Gasteiger partial charge >= 0.3 is 0 Å². The predicted octanol–water partition coefficient (Wildman–Crippen LogP) is 3.74. The van der Waals surface area contributed by atoms with E-state index in [4.69, 9.17) is 0 Å². The lowest BCUT2D eigenvalue weighted by atomic mass is 10.2. The number of hydrogen-bond donors (Lipinski definition) is 2. The average Bonchev–Trinajstić information content (AvgIpc) is 2.98. The van der Waals surface area contributed by atoms with Crippen LogP contribution in [0.15, 0.2) is 42.5 Å². The SMILES string of the molecule is Oc1cc(F)cc(CNc2ccccc2N2CCCC2)c1. The molecule has 1 saturated heterocycles. The van der Waals surface area contributed by atoms with Gasteiger partial charge in [-0.2, -0.15) is 0 Å². The van der Waals surface area contributed by atoms with E-state index in [1.807, 2.05) is 18.2 Å². The lowest BCUT2D eigenvalue weighted by Gasteiger charge is -2.22. The third kappa shape index (κ3) is 3.27. The second kappa shape index (κ2) is 6.04. The van der Waals surface area contributed by atoms with Gasteiger partial charge in [0.1, 0.15) is 11.6 Å². The lowest BCUT2D eigenvalue weighted by molar-refractivity contribution is 0.468. The number of anilines is 2. The van der Waals surface area contributed by atoms with E-state index in [-0.39, 0.29) is 5.75 Å². The van der Waals surface area contributed by atoms with Crippen molar-refractivity contribution < 1.29 is 9.50 Å². The van der Waals surface area contributed by atoms with Crippen LogP contribution >= 0.6 is 0 Å². The molecule has 3 nitrogen and oxygen atoms in total. The zero-order chi connectivity index (χ0) is 14.7. The fourth-order valence-electron chi connectivity index (χ4n) is 2.79. The number of nitrogens with zero attached hydrogens (tertiary/aromatic N) is 1. The van der Waals surface area contributed by atoms with Crippen LogP contribution in [0.1, 0.15) is 18.4 Å². The molecule has 3 rings (SSSR count). The molecule has 0 aromatic heterocycles. The maximum absolute atomic E-state index is 13.3. The van der Waals surface area contributed by atoms with Gasteiger partial charge in [0.25, 0.3) is 0 Å². The van der Waals surface area contributed by atoms with Crippen LogP contribution in [-0.4, -0.2) is 18.2 Å². The van der Waals surface area contributed by atoms with Gasteiger partial charge in [-0.15, -0.1) is 0 Å². The molecular formula is C17H19FN2O. The van der Waals surface area contributed by atoms with Crippen molar-refractivity contribution in [3.63, 3.8) is 0 Å². The Morgan fingerprint density at radius 2 is 1.86 bits per heavy atom. The van der Waals surface area contributed by atoms with Crippen LogP contribution < -0.4 is 10.2 Å². The van der Waals surface area contributed by atoms with E-state index in [0.29, 0.717) is 6.54 Å². The summed E-state index contributed by atoms with van der Waals surface area (Å²) in [6.45, 7) is 2.65. The van der Waals surface area contributed by atoms with Crippen molar-refractivity contribution in [2.75, 3.05) is 23.3 Å². The molecule has 0 unspecified atom stereocenters. The number of hydrogen-bond acceptors (Lipinski definition) is 3. The highest BCUT2D eigenvalue weighted by Gasteiger charge is 2.15. The van der Waals surface area contributed by atoms with Crippen molar-refractivity contribution in [2.45, 2.75) is 19.4 Å². The van der Waals surface area contributed by atoms with Gasteiger partial charge < -0.3 is 15.3 Å². The Bertz CT molecular complexity index is 604. The molecule has 21 heavy (non-hydrogen) atoms. The maximum Gasteiger partial charge on any atom is 0.127 e. The Kier molecular flexibility index (Phi) is 3.95. The van der Waals surface area contributed by atoms with Crippen LogP contribution in [0.5, 0.6) is 5.75 Å².